The fraction of sp³-hybridized carbons (Fsp3) is 0.833. The molecule has 0 radical (unpaired) electrons. The van der Waals surface area contributed by atoms with Gasteiger partial charge in [-0.15, -0.1) is 0 Å². The van der Waals surface area contributed by atoms with Crippen LogP contribution in [-0.4, -0.2) is 5.97 Å². The smallest absolute Gasteiger partial charge is 0.550 e. The Morgan fingerprint density at radius 2 is 1.19 bits per heavy atom. The zero-order chi connectivity index (χ0) is 14.9. The Kier molecular flexibility index (Phi) is 22.6. The molecule has 21 heavy (non-hydrogen) atoms. The molecule has 0 aliphatic heterocycles. The van der Waals surface area contributed by atoms with Gasteiger partial charge in [-0.05, 0) is 38.5 Å². The van der Waals surface area contributed by atoms with E-state index in [4.69, 9.17) is 0 Å². The number of hydrogen-bond donors (Lipinski definition) is 0. The summed E-state index contributed by atoms with van der Waals surface area (Å²) in [4.78, 5) is 10.2. The van der Waals surface area contributed by atoms with E-state index in [0.29, 0.717) is 0 Å². The zero-order valence-electron chi connectivity index (χ0n) is 14.4. The van der Waals surface area contributed by atoms with E-state index in [0.717, 1.165) is 12.8 Å². The fourth-order valence-corrected chi connectivity index (χ4v) is 2.34. The van der Waals surface area contributed by atoms with Crippen LogP contribution in [0.5, 0.6) is 0 Å². The van der Waals surface area contributed by atoms with Gasteiger partial charge in [0.2, 0.25) is 0 Å². The SMILES string of the molecule is CCCCCC/C=C\CCCCCCCCCC(=O)[O-].[Na+]. The first-order chi connectivity index (χ1) is 9.77. The van der Waals surface area contributed by atoms with Crippen LogP contribution in [0.25, 0.3) is 0 Å². The first-order valence-electron chi connectivity index (χ1n) is 8.62. The van der Waals surface area contributed by atoms with Gasteiger partial charge in [-0.2, -0.15) is 0 Å². The molecule has 118 valence electrons. The number of carbonyl (C=O) groups excluding carboxylic acids is 1. The van der Waals surface area contributed by atoms with E-state index in [1.165, 1.54) is 70.6 Å². The number of allylic oxidation sites excluding steroid dienone is 2. The molecule has 0 atom stereocenters. The van der Waals surface area contributed by atoms with Gasteiger partial charge < -0.3 is 9.90 Å². The molecule has 0 N–H and O–H groups in total. The Balaban J connectivity index is 0. The van der Waals surface area contributed by atoms with Crippen LogP contribution < -0.4 is 34.7 Å². The Morgan fingerprint density at radius 1 is 0.762 bits per heavy atom. The van der Waals surface area contributed by atoms with Gasteiger partial charge in [0.15, 0.2) is 0 Å². The average Bonchev–Trinajstić information content (AvgIpc) is 2.43. The summed E-state index contributed by atoms with van der Waals surface area (Å²) >= 11 is 0. The molecule has 0 saturated carbocycles. The number of carbonyl (C=O) groups is 1. The van der Waals surface area contributed by atoms with Gasteiger partial charge in [0.1, 0.15) is 0 Å². The van der Waals surface area contributed by atoms with Crippen molar-refractivity contribution >= 4 is 5.97 Å². The van der Waals surface area contributed by atoms with Crippen LogP contribution in [0.3, 0.4) is 0 Å². The van der Waals surface area contributed by atoms with Crippen molar-refractivity contribution in [3.63, 3.8) is 0 Å². The van der Waals surface area contributed by atoms with Crippen LogP contribution in [0.1, 0.15) is 96.8 Å². The molecular formula is C18H33NaO2. The molecule has 3 heteroatoms. The van der Waals surface area contributed by atoms with Crippen LogP contribution in [-0.2, 0) is 4.79 Å². The van der Waals surface area contributed by atoms with E-state index >= 15 is 0 Å². The summed E-state index contributed by atoms with van der Waals surface area (Å²) in [7, 11) is 0. The van der Waals surface area contributed by atoms with E-state index in [1.54, 1.807) is 0 Å². The molecule has 0 aliphatic rings. The van der Waals surface area contributed by atoms with Gasteiger partial charge in [0.05, 0.1) is 0 Å². The molecule has 0 unspecified atom stereocenters. The van der Waals surface area contributed by atoms with E-state index in [2.05, 4.69) is 19.1 Å². The normalized spacial score (nSPS) is 10.7. The number of carboxylic acid groups (broad SMARTS) is 1. The third-order valence-corrected chi connectivity index (χ3v) is 3.64. The van der Waals surface area contributed by atoms with E-state index in [1.807, 2.05) is 0 Å². The maximum atomic E-state index is 10.2. The molecular weight excluding hydrogens is 271 g/mol. The molecule has 0 amide bonds. The molecule has 0 fully saturated rings. The molecule has 0 saturated heterocycles. The monoisotopic (exact) mass is 304 g/mol. The topological polar surface area (TPSA) is 40.1 Å². The summed E-state index contributed by atoms with van der Waals surface area (Å²) in [5.74, 6) is -0.911. The number of hydrogen-bond acceptors (Lipinski definition) is 2. The third-order valence-electron chi connectivity index (χ3n) is 3.64. The largest absolute Gasteiger partial charge is 1.00 e. The molecule has 0 aliphatic carbocycles. The minimum absolute atomic E-state index is 0. The predicted molar refractivity (Wildman–Crippen MR) is 84.5 cm³/mol. The minimum atomic E-state index is -0.911. The van der Waals surface area contributed by atoms with Gasteiger partial charge in [0, 0.05) is 5.97 Å². The summed E-state index contributed by atoms with van der Waals surface area (Å²) in [5.41, 5.74) is 0. The maximum absolute atomic E-state index is 10.2. The molecule has 0 bridgehead atoms. The third kappa shape index (κ3) is 22.6. The zero-order valence-corrected chi connectivity index (χ0v) is 16.4. The summed E-state index contributed by atoms with van der Waals surface area (Å²) < 4.78 is 0. The van der Waals surface area contributed by atoms with Crippen molar-refractivity contribution in [3.05, 3.63) is 12.2 Å². The molecule has 2 nitrogen and oxygen atoms in total. The summed E-state index contributed by atoms with van der Waals surface area (Å²) in [6, 6.07) is 0. The Morgan fingerprint density at radius 3 is 1.67 bits per heavy atom. The Hall–Kier alpha value is 0.210. The molecule has 0 spiro atoms. The van der Waals surface area contributed by atoms with Crippen molar-refractivity contribution < 1.29 is 39.5 Å². The van der Waals surface area contributed by atoms with E-state index in [-0.39, 0.29) is 36.0 Å². The van der Waals surface area contributed by atoms with Crippen LogP contribution >= 0.6 is 0 Å². The summed E-state index contributed by atoms with van der Waals surface area (Å²) in [6.07, 6.45) is 20.9. The molecule has 0 rings (SSSR count). The van der Waals surface area contributed by atoms with Gasteiger partial charge in [-0.25, -0.2) is 0 Å². The predicted octanol–water partition coefficient (Wildman–Crippen LogP) is 1.78. The second-order valence-electron chi connectivity index (χ2n) is 5.71. The first-order valence-corrected chi connectivity index (χ1v) is 8.62. The Bertz CT molecular complexity index is 239. The van der Waals surface area contributed by atoms with E-state index < -0.39 is 5.97 Å². The van der Waals surface area contributed by atoms with Crippen LogP contribution in [0.4, 0.5) is 0 Å². The van der Waals surface area contributed by atoms with Crippen LogP contribution in [0.15, 0.2) is 12.2 Å². The number of aliphatic carboxylic acids is 1. The van der Waals surface area contributed by atoms with E-state index in [9.17, 15) is 9.90 Å². The quantitative estimate of drug-likeness (QED) is 0.263. The minimum Gasteiger partial charge on any atom is -0.550 e. The first kappa shape index (κ1) is 23.5. The van der Waals surface area contributed by atoms with Crippen molar-refractivity contribution in [1.29, 1.82) is 0 Å². The molecule has 0 heterocycles. The van der Waals surface area contributed by atoms with Crippen molar-refractivity contribution in [2.24, 2.45) is 0 Å². The van der Waals surface area contributed by atoms with Crippen LogP contribution in [0, 0.1) is 0 Å². The van der Waals surface area contributed by atoms with Crippen LogP contribution in [0.2, 0.25) is 0 Å². The van der Waals surface area contributed by atoms with Gasteiger partial charge in [-0.3, -0.25) is 0 Å². The van der Waals surface area contributed by atoms with Crippen molar-refractivity contribution in [3.8, 4) is 0 Å². The average molecular weight is 304 g/mol. The standard InChI is InChI=1S/C18H34O2.Na/c1-2-3-4-5-6-7-8-9-10-11-12-13-14-15-16-17-18(19)20;/h7-8H,2-6,9-17H2,1H3,(H,19,20);/q;+1/p-1/b8-7-;. The number of rotatable bonds is 15. The van der Waals surface area contributed by atoms with Crippen molar-refractivity contribution in [2.75, 3.05) is 0 Å². The molecule has 0 aromatic rings. The summed E-state index contributed by atoms with van der Waals surface area (Å²) in [5, 5.41) is 10.2. The molecule has 0 aromatic heterocycles. The number of carboxylic acids is 1. The van der Waals surface area contributed by atoms with Gasteiger partial charge >= 0.3 is 29.6 Å². The van der Waals surface area contributed by atoms with Crippen molar-refractivity contribution in [2.45, 2.75) is 96.8 Å². The second-order valence-corrected chi connectivity index (χ2v) is 5.71. The maximum Gasteiger partial charge on any atom is 1.00 e. The van der Waals surface area contributed by atoms with Gasteiger partial charge in [0.25, 0.3) is 0 Å². The second kappa shape index (κ2) is 20.2. The molecule has 0 aromatic carbocycles. The summed E-state index contributed by atoms with van der Waals surface area (Å²) in [6.45, 7) is 2.25. The fourth-order valence-electron chi connectivity index (χ4n) is 2.34. The Labute approximate surface area is 154 Å². The van der Waals surface area contributed by atoms with Crippen molar-refractivity contribution in [1.82, 2.24) is 0 Å². The number of unbranched alkanes of at least 4 members (excludes halogenated alkanes) is 11. The van der Waals surface area contributed by atoms with Gasteiger partial charge in [-0.1, -0.05) is 70.4 Å².